The molecule has 640 valence electrons. The number of aliphatic carboxylic acids is 2. The van der Waals surface area contributed by atoms with Crippen molar-refractivity contribution in [3.05, 3.63) is 11.6 Å². The number of nitrogens with one attached hydrogen (secondary N) is 1. The average molecular weight is 1610 g/mol. The normalized spacial score (nSPS) is 48.8. The number of aliphatic hydroxyl groups excluding tert-OH is 16. The van der Waals surface area contributed by atoms with Crippen LogP contribution in [0.4, 0.5) is 0 Å². The maximum Gasteiger partial charge on any atom is 0.335 e. The molecule has 1 amide bonds. The van der Waals surface area contributed by atoms with Crippen molar-refractivity contribution in [1.29, 1.82) is 0 Å². The van der Waals surface area contributed by atoms with Crippen LogP contribution in [0.15, 0.2) is 11.6 Å². The van der Waals surface area contributed by atoms with Gasteiger partial charge in [0.2, 0.25) is 12.2 Å². The second-order valence-electron chi connectivity index (χ2n) is 35.1. The van der Waals surface area contributed by atoms with Gasteiger partial charge in [-0.3, -0.25) is 14.4 Å². The molecular weight excluding hydrogens is 1490 g/mol. The number of aldehydes is 1. The minimum Gasteiger partial charge on any atom is -0.481 e. The molecule has 6 aliphatic heterocycles. The molecule has 38 atom stereocenters. The summed E-state index contributed by atoms with van der Waals surface area (Å²) in [5.41, 5.74) is -5.06. The van der Waals surface area contributed by atoms with E-state index < -0.39 is 279 Å². The highest BCUT2D eigenvalue weighted by molar-refractivity contribution is 5.80. The number of hydrogen-bond donors (Lipinski definition) is 19. The summed E-state index contributed by atoms with van der Waals surface area (Å²) in [6.45, 7) is 10.8. The van der Waals surface area contributed by atoms with Crippen LogP contribution in [0.1, 0.15) is 170 Å². The Morgan fingerprint density at radius 1 is 0.527 bits per heavy atom. The molecule has 0 spiro atoms. The molecule has 11 rings (SSSR count). The number of amides is 1. The second kappa shape index (κ2) is 35.6. The summed E-state index contributed by atoms with van der Waals surface area (Å²) < 4.78 is 73.0. The predicted molar refractivity (Wildman–Crippen MR) is 377 cm³/mol. The molecule has 6 saturated heterocycles. The molecular formula is C76H121NO35. The van der Waals surface area contributed by atoms with Gasteiger partial charge in [0.1, 0.15) is 122 Å². The van der Waals surface area contributed by atoms with Crippen LogP contribution in [0.25, 0.3) is 0 Å². The Bertz CT molecular complexity index is 3240. The van der Waals surface area contributed by atoms with Crippen LogP contribution in [0, 0.1) is 50.2 Å². The number of fused-ring (bicyclic) bond motifs is 7. The van der Waals surface area contributed by atoms with Crippen molar-refractivity contribution in [3.8, 4) is 0 Å². The summed E-state index contributed by atoms with van der Waals surface area (Å²) in [6, 6.07) is -1.46. The Morgan fingerprint density at radius 3 is 1.68 bits per heavy atom. The number of rotatable bonds is 28. The number of carbonyl (C=O) groups is 5. The molecule has 0 aromatic carbocycles. The van der Waals surface area contributed by atoms with Gasteiger partial charge >= 0.3 is 17.9 Å². The van der Waals surface area contributed by atoms with E-state index >= 15 is 4.79 Å². The number of carboxylic acid groups (broad SMARTS) is 2. The molecule has 10 fully saturated rings. The lowest BCUT2D eigenvalue weighted by molar-refractivity contribution is -0.391. The van der Waals surface area contributed by atoms with Gasteiger partial charge in [0.25, 0.3) is 0 Å². The lowest BCUT2D eigenvalue weighted by atomic mass is 9.33. The first-order valence-corrected chi connectivity index (χ1v) is 39.8. The van der Waals surface area contributed by atoms with Gasteiger partial charge in [0.15, 0.2) is 43.7 Å². The van der Waals surface area contributed by atoms with E-state index in [2.05, 4.69) is 46.0 Å². The standard InChI is InChI=1S/C76H121NO35/c1-33-58(107-64-53(93)47(87)36(81)30-101-64)52(92)56(96)66(103-33)110-61-50(90)46(77-44(84)16-14-12-10-8-9-11-13-15-17-45(85)86)38(28-78)104-68(61)112-70(100)76-25-24-71(2,3)26-35(76)34-18-19-41-72(4)22-21-43(73(5,32-80)40(72)20-23-74(41,6)75(34,7)27-42(76)83)106-69-62(111-67-55(95)51(91)49(89)39(29-79)105-67)59(57(97)60(109-69)63(98)99)108-65-54(94)48(88)37(82)31-102-65/h18,32-33,35-43,46-62,64-69,78-79,81-83,87-97H,8-17,19-31H2,1-7H3,(H,77,84)(H,85,86)(H,98,99)/t33?,35?,36-,37-,38?,39?,40-,41?,42?,43+,46+,47?,48+,49+,50?,51+,52?,53?,54?,55?,56?,57+,58+,59+,60?,61?,62?,64+,65+,66+,67+,68-,69-,72?,73-,74?,75-,76-/m1/s1. The van der Waals surface area contributed by atoms with E-state index in [1.54, 1.807) is 6.92 Å². The van der Waals surface area contributed by atoms with Crippen molar-refractivity contribution in [2.24, 2.45) is 50.2 Å². The zero-order valence-corrected chi connectivity index (χ0v) is 64.5. The largest absolute Gasteiger partial charge is 0.481 e. The van der Waals surface area contributed by atoms with E-state index in [0.717, 1.165) is 44.0 Å². The van der Waals surface area contributed by atoms with Crippen molar-refractivity contribution < 1.29 is 173 Å². The molecule has 6 heterocycles. The minimum atomic E-state index is -2.23. The fraction of sp³-hybridized carbons (Fsp3) is 0.908. The summed E-state index contributed by atoms with van der Waals surface area (Å²) in [5, 5.41) is 201. The quantitative estimate of drug-likeness (QED) is 0.0124. The van der Waals surface area contributed by atoms with E-state index in [1.165, 1.54) is 6.92 Å². The molecule has 4 saturated carbocycles. The molecule has 36 heteroatoms. The van der Waals surface area contributed by atoms with Crippen molar-refractivity contribution in [2.45, 2.75) is 355 Å². The Balaban J connectivity index is 0.854. The Kier molecular flexibility index (Phi) is 28.3. The summed E-state index contributed by atoms with van der Waals surface area (Å²) in [4.78, 5) is 68.2. The van der Waals surface area contributed by atoms with E-state index in [0.29, 0.717) is 57.8 Å². The maximum atomic E-state index is 16.1. The second-order valence-corrected chi connectivity index (χ2v) is 35.1. The molecule has 0 aromatic heterocycles. The van der Waals surface area contributed by atoms with Crippen LogP contribution in [0.3, 0.4) is 0 Å². The Hall–Kier alpha value is -3.79. The third-order valence-electron chi connectivity index (χ3n) is 27.7. The van der Waals surface area contributed by atoms with Crippen LogP contribution < -0.4 is 5.32 Å². The van der Waals surface area contributed by atoms with E-state index in [9.17, 15) is 106 Å². The van der Waals surface area contributed by atoms with Crippen LogP contribution >= 0.6 is 0 Å². The van der Waals surface area contributed by atoms with Gasteiger partial charge < -0.3 is 159 Å². The highest BCUT2D eigenvalue weighted by Gasteiger charge is 2.73. The monoisotopic (exact) mass is 1610 g/mol. The molecule has 19 N–H and O–H groups in total. The number of allylic oxidation sites excluding steroid dienone is 2. The first-order valence-electron chi connectivity index (χ1n) is 39.8. The molecule has 36 nitrogen and oxygen atoms in total. The van der Waals surface area contributed by atoms with E-state index in [1.807, 2.05) is 0 Å². The SMILES string of the molecule is CC1O[C@@H](OC2C(O)[C@@H](NC(=O)CCCCCCCCCCC(=O)O)C(CO)O[C@@H]2OC(=O)[C@]23CCC(C)(C)CC2C2=CCC4C5(C)CC[C@H](O[C@@H]6OC(C(=O)O)[C@@H](O)[C@H](O[C@@H]7OC[C@@H](O)[C@H](O)C7O)C6O[C@@H]6OC(CO)[C@H](O)[C@H](O)C6O)[C@](C)(C=O)[C@@H]5CCC4(C)[C@]2(C)CC3O)C(O)C(O)[C@H]1O[C@@H]1OC[C@@H](O)C(O)C1O. The highest BCUT2D eigenvalue weighted by atomic mass is 16.8. The van der Waals surface area contributed by atoms with Gasteiger partial charge in [0, 0.05) is 12.8 Å². The van der Waals surface area contributed by atoms with Gasteiger partial charge in [-0.1, -0.05) is 91.7 Å². The molecule has 0 aromatic rings. The number of hydrogen-bond acceptors (Lipinski definition) is 33. The Labute approximate surface area is 648 Å². The Morgan fingerprint density at radius 2 is 1.08 bits per heavy atom. The van der Waals surface area contributed by atoms with Gasteiger partial charge in [-0.05, 0) is 117 Å². The topological polar surface area (TPSA) is 572 Å². The number of carboxylic acids is 2. The molecule has 0 bridgehead atoms. The van der Waals surface area contributed by atoms with E-state index in [4.69, 9.17) is 61.9 Å². The fourth-order valence-electron chi connectivity index (χ4n) is 20.9. The van der Waals surface area contributed by atoms with Gasteiger partial charge in [-0.15, -0.1) is 0 Å². The highest BCUT2D eigenvalue weighted by Crippen LogP contribution is 2.76. The molecule has 11 aliphatic rings. The average Bonchev–Trinajstić information content (AvgIpc) is 0.669. The molecule has 18 unspecified atom stereocenters. The third-order valence-corrected chi connectivity index (χ3v) is 27.7. The zero-order valence-electron chi connectivity index (χ0n) is 64.5. The van der Waals surface area contributed by atoms with Crippen molar-refractivity contribution in [3.63, 3.8) is 0 Å². The van der Waals surface area contributed by atoms with Crippen LogP contribution in [-0.4, -0.2) is 333 Å². The van der Waals surface area contributed by atoms with Crippen LogP contribution in [-0.2, 0) is 80.8 Å². The van der Waals surface area contributed by atoms with Gasteiger partial charge in [0.05, 0.1) is 56.2 Å². The van der Waals surface area contributed by atoms with Crippen LogP contribution in [0.5, 0.6) is 0 Å². The number of aliphatic hydroxyl groups is 16. The zero-order chi connectivity index (χ0) is 81.8. The maximum absolute atomic E-state index is 16.1. The van der Waals surface area contributed by atoms with E-state index in [-0.39, 0.29) is 38.0 Å². The van der Waals surface area contributed by atoms with Gasteiger partial charge in [-0.25, -0.2) is 4.79 Å². The van der Waals surface area contributed by atoms with Gasteiger partial charge in [-0.2, -0.15) is 0 Å². The lowest BCUT2D eigenvalue weighted by Gasteiger charge is -2.71. The predicted octanol–water partition coefficient (Wildman–Crippen LogP) is -2.73. The number of carbonyl (C=O) groups excluding carboxylic acids is 3. The smallest absolute Gasteiger partial charge is 0.335 e. The first kappa shape index (κ1) is 89.0. The summed E-state index contributed by atoms with van der Waals surface area (Å²) in [6.07, 6.45) is -40.9. The summed E-state index contributed by atoms with van der Waals surface area (Å²) in [7, 11) is 0. The molecule has 0 radical (unpaired) electrons. The lowest BCUT2D eigenvalue weighted by Crippen LogP contribution is -2.70. The minimum absolute atomic E-state index is 0.00603. The number of esters is 1. The van der Waals surface area contributed by atoms with Crippen molar-refractivity contribution in [2.75, 3.05) is 26.4 Å². The summed E-state index contributed by atoms with van der Waals surface area (Å²) in [5.74, 6) is -5.58. The third kappa shape index (κ3) is 17.0. The summed E-state index contributed by atoms with van der Waals surface area (Å²) >= 11 is 0. The van der Waals surface area contributed by atoms with Crippen molar-refractivity contribution in [1.82, 2.24) is 5.32 Å². The number of ether oxygens (including phenoxy) is 12. The molecule has 112 heavy (non-hydrogen) atoms. The fourth-order valence-corrected chi connectivity index (χ4v) is 20.9. The number of unbranched alkanes of at least 4 members (excludes halogenated alkanes) is 7. The van der Waals surface area contributed by atoms with Crippen LogP contribution in [0.2, 0.25) is 0 Å². The first-order chi connectivity index (χ1) is 52.8. The van der Waals surface area contributed by atoms with Crippen molar-refractivity contribution >= 4 is 30.1 Å². The molecule has 5 aliphatic carbocycles.